The average molecular weight is 299 g/mol. The van der Waals surface area contributed by atoms with Crippen molar-refractivity contribution in [2.24, 2.45) is 11.3 Å². The quantitative estimate of drug-likeness (QED) is 0.498. The van der Waals surface area contributed by atoms with Crippen molar-refractivity contribution in [3.05, 3.63) is 0 Å². The van der Waals surface area contributed by atoms with E-state index in [1.54, 1.807) is 0 Å². The third-order valence-corrected chi connectivity index (χ3v) is 4.57. The number of amides is 1. The highest BCUT2D eigenvalue weighted by atomic mass is 16.3. The van der Waals surface area contributed by atoms with Crippen molar-refractivity contribution in [3.63, 3.8) is 0 Å². The predicted molar refractivity (Wildman–Crippen MR) is 90.3 cm³/mol. The van der Waals surface area contributed by atoms with Crippen LogP contribution in [0.2, 0.25) is 0 Å². The lowest BCUT2D eigenvalue weighted by molar-refractivity contribution is -0.132. The number of carbonyl (C=O) groups is 1. The fourth-order valence-electron chi connectivity index (χ4n) is 2.89. The van der Waals surface area contributed by atoms with E-state index in [0.29, 0.717) is 12.5 Å². The summed E-state index contributed by atoms with van der Waals surface area (Å²) in [4.78, 5) is 12.3. The van der Waals surface area contributed by atoms with Gasteiger partial charge in [0.15, 0.2) is 0 Å². The fourth-order valence-corrected chi connectivity index (χ4v) is 2.89. The molecule has 0 bridgehead atoms. The molecule has 0 heterocycles. The Hall–Kier alpha value is -0.570. The number of rotatable bonds is 13. The van der Waals surface area contributed by atoms with E-state index in [9.17, 15) is 4.79 Å². The van der Waals surface area contributed by atoms with Gasteiger partial charge in [-0.3, -0.25) is 4.79 Å². The molecule has 1 unspecified atom stereocenters. The van der Waals surface area contributed by atoms with Crippen LogP contribution in [0.25, 0.3) is 0 Å². The largest absolute Gasteiger partial charge is 0.395 e. The Morgan fingerprint density at radius 3 is 2.14 bits per heavy atom. The van der Waals surface area contributed by atoms with Crippen LogP contribution >= 0.6 is 0 Å². The first-order valence-electron chi connectivity index (χ1n) is 8.89. The van der Waals surface area contributed by atoms with Gasteiger partial charge in [0, 0.05) is 12.0 Å². The van der Waals surface area contributed by atoms with Gasteiger partial charge in [-0.05, 0) is 18.8 Å². The maximum Gasteiger partial charge on any atom is 0.226 e. The number of carbonyl (C=O) groups excluding carboxylic acids is 1. The smallest absolute Gasteiger partial charge is 0.226 e. The lowest BCUT2D eigenvalue weighted by Crippen LogP contribution is -2.43. The number of unbranched alkanes of at least 4 members (excludes halogenated alkanes) is 5. The predicted octanol–water partition coefficient (Wildman–Crippen LogP) is 4.29. The second kappa shape index (κ2) is 12.0. The lowest BCUT2D eigenvalue weighted by Gasteiger charge is -2.33. The van der Waals surface area contributed by atoms with Gasteiger partial charge in [-0.2, -0.15) is 0 Å². The Morgan fingerprint density at radius 1 is 1.00 bits per heavy atom. The van der Waals surface area contributed by atoms with Crippen LogP contribution < -0.4 is 5.32 Å². The molecule has 2 N–H and O–H groups in total. The summed E-state index contributed by atoms with van der Waals surface area (Å²) in [6.07, 6.45) is 11.1. The third kappa shape index (κ3) is 8.45. The molecular weight excluding hydrogens is 262 g/mol. The molecule has 0 saturated carbocycles. The molecule has 3 heteroatoms. The second-order valence-corrected chi connectivity index (χ2v) is 6.74. The van der Waals surface area contributed by atoms with Crippen LogP contribution in [0.5, 0.6) is 0 Å². The monoisotopic (exact) mass is 299 g/mol. The van der Waals surface area contributed by atoms with Crippen LogP contribution in [0.15, 0.2) is 0 Å². The van der Waals surface area contributed by atoms with Crippen molar-refractivity contribution in [2.45, 2.75) is 85.5 Å². The molecule has 1 atom stereocenters. The lowest BCUT2D eigenvalue weighted by atomic mass is 9.73. The summed E-state index contributed by atoms with van der Waals surface area (Å²) >= 11 is 0. The molecule has 3 nitrogen and oxygen atoms in total. The molecule has 0 aliphatic heterocycles. The topological polar surface area (TPSA) is 49.3 Å². The Labute approximate surface area is 131 Å². The Bertz CT molecular complexity index is 264. The average Bonchev–Trinajstić information content (AvgIpc) is 2.47. The molecule has 0 spiro atoms. The molecule has 0 radical (unpaired) electrons. The van der Waals surface area contributed by atoms with Crippen molar-refractivity contribution in [3.8, 4) is 0 Å². The van der Waals surface area contributed by atoms with Gasteiger partial charge >= 0.3 is 0 Å². The summed E-state index contributed by atoms with van der Waals surface area (Å²) in [6, 6.07) is 0. The number of aliphatic hydroxyl groups is 1. The number of hydrogen-bond acceptors (Lipinski definition) is 2. The number of aliphatic hydroxyl groups excluding tert-OH is 1. The van der Waals surface area contributed by atoms with Gasteiger partial charge in [0.2, 0.25) is 5.91 Å². The van der Waals surface area contributed by atoms with Gasteiger partial charge < -0.3 is 10.4 Å². The van der Waals surface area contributed by atoms with Crippen molar-refractivity contribution >= 4 is 5.91 Å². The minimum Gasteiger partial charge on any atom is -0.395 e. The summed E-state index contributed by atoms with van der Waals surface area (Å²) in [6.45, 7) is 8.94. The van der Waals surface area contributed by atoms with Gasteiger partial charge in [0.1, 0.15) is 0 Å². The standard InChI is InChI=1S/C18H37NO2/c1-5-7-9-10-11-13-16(12-8-6-2)18(3,4)17(21)19-14-15-20/h16,20H,5-15H2,1-4H3,(H,19,21). The third-order valence-electron chi connectivity index (χ3n) is 4.57. The Kier molecular flexibility index (Phi) is 11.7. The summed E-state index contributed by atoms with van der Waals surface area (Å²) in [5.41, 5.74) is -0.338. The first-order chi connectivity index (χ1) is 10.0. The van der Waals surface area contributed by atoms with Crippen molar-refractivity contribution in [1.82, 2.24) is 5.32 Å². The molecule has 0 aromatic heterocycles. The number of hydrogen-bond donors (Lipinski definition) is 2. The molecule has 21 heavy (non-hydrogen) atoms. The SMILES string of the molecule is CCCCCCCC(CCCC)C(C)(C)C(=O)NCCO. The van der Waals surface area contributed by atoms with E-state index >= 15 is 0 Å². The maximum absolute atomic E-state index is 12.3. The molecule has 0 aliphatic rings. The summed E-state index contributed by atoms with van der Waals surface area (Å²) < 4.78 is 0. The van der Waals surface area contributed by atoms with Crippen molar-refractivity contribution < 1.29 is 9.90 Å². The van der Waals surface area contributed by atoms with Crippen LogP contribution in [0.1, 0.15) is 85.5 Å². The molecule has 0 aliphatic carbocycles. The second-order valence-electron chi connectivity index (χ2n) is 6.74. The molecular formula is C18H37NO2. The molecule has 0 aromatic carbocycles. The van der Waals surface area contributed by atoms with E-state index < -0.39 is 0 Å². The van der Waals surface area contributed by atoms with E-state index in [2.05, 4.69) is 33.0 Å². The zero-order chi connectivity index (χ0) is 16.1. The van der Waals surface area contributed by atoms with E-state index in [-0.39, 0.29) is 17.9 Å². The van der Waals surface area contributed by atoms with Gasteiger partial charge in [-0.15, -0.1) is 0 Å². The highest BCUT2D eigenvalue weighted by Gasteiger charge is 2.35. The molecule has 126 valence electrons. The molecule has 0 aromatic rings. The highest BCUT2D eigenvalue weighted by molar-refractivity contribution is 5.82. The number of nitrogens with one attached hydrogen (secondary N) is 1. The normalized spacial score (nSPS) is 13.2. The van der Waals surface area contributed by atoms with Gasteiger partial charge in [0.05, 0.1) is 6.61 Å². The van der Waals surface area contributed by atoms with Gasteiger partial charge in [-0.1, -0.05) is 72.6 Å². The van der Waals surface area contributed by atoms with Crippen LogP contribution in [0, 0.1) is 11.3 Å². The van der Waals surface area contributed by atoms with E-state index in [4.69, 9.17) is 5.11 Å². The first kappa shape index (κ1) is 20.4. The van der Waals surface area contributed by atoms with Crippen molar-refractivity contribution in [1.29, 1.82) is 0 Å². The van der Waals surface area contributed by atoms with Crippen LogP contribution in [-0.2, 0) is 4.79 Å². The summed E-state index contributed by atoms with van der Waals surface area (Å²) in [7, 11) is 0. The minimum absolute atomic E-state index is 0.0124. The van der Waals surface area contributed by atoms with Crippen LogP contribution in [0.4, 0.5) is 0 Å². The van der Waals surface area contributed by atoms with Gasteiger partial charge in [0.25, 0.3) is 0 Å². The zero-order valence-corrected chi connectivity index (χ0v) is 14.7. The highest BCUT2D eigenvalue weighted by Crippen LogP contribution is 2.35. The summed E-state index contributed by atoms with van der Waals surface area (Å²) in [5.74, 6) is 0.531. The summed E-state index contributed by atoms with van der Waals surface area (Å²) in [5, 5.41) is 11.7. The molecule has 0 fully saturated rings. The Morgan fingerprint density at radius 2 is 1.57 bits per heavy atom. The van der Waals surface area contributed by atoms with Crippen LogP contribution in [-0.4, -0.2) is 24.2 Å². The van der Waals surface area contributed by atoms with E-state index in [1.165, 1.54) is 44.9 Å². The Balaban J connectivity index is 4.43. The molecule has 0 rings (SSSR count). The van der Waals surface area contributed by atoms with Crippen LogP contribution in [0.3, 0.4) is 0 Å². The van der Waals surface area contributed by atoms with E-state index in [0.717, 1.165) is 12.8 Å². The minimum atomic E-state index is -0.338. The zero-order valence-electron chi connectivity index (χ0n) is 14.7. The first-order valence-corrected chi connectivity index (χ1v) is 8.89. The van der Waals surface area contributed by atoms with Gasteiger partial charge in [-0.25, -0.2) is 0 Å². The van der Waals surface area contributed by atoms with E-state index in [1.807, 2.05) is 0 Å². The molecule has 0 saturated heterocycles. The van der Waals surface area contributed by atoms with Crippen molar-refractivity contribution in [2.75, 3.05) is 13.2 Å². The molecule has 1 amide bonds. The maximum atomic E-state index is 12.3. The fraction of sp³-hybridized carbons (Fsp3) is 0.944.